The van der Waals surface area contributed by atoms with Gasteiger partial charge in [0.25, 0.3) is 0 Å². The van der Waals surface area contributed by atoms with Crippen LogP contribution in [-0.4, -0.2) is 67.7 Å². The van der Waals surface area contributed by atoms with Crippen LogP contribution in [-0.2, 0) is 14.8 Å². The van der Waals surface area contributed by atoms with Crippen molar-refractivity contribution >= 4 is 10.0 Å². The minimum Gasteiger partial charge on any atom is -0.370 e. The van der Waals surface area contributed by atoms with Crippen LogP contribution in [0.1, 0.15) is 37.4 Å². The van der Waals surface area contributed by atoms with Crippen molar-refractivity contribution in [1.29, 1.82) is 0 Å². The molecule has 4 aliphatic rings. The van der Waals surface area contributed by atoms with E-state index >= 15 is 0 Å². The quantitative estimate of drug-likeness (QED) is 0.772. The van der Waals surface area contributed by atoms with Crippen LogP contribution in [0, 0.1) is 23.5 Å². The number of rotatable bonds is 4. The summed E-state index contributed by atoms with van der Waals surface area (Å²) < 4.78 is 60.6. The summed E-state index contributed by atoms with van der Waals surface area (Å²) in [6.07, 6.45) is 2.47. The third-order valence-corrected chi connectivity index (χ3v) is 9.65. The number of piperidine rings is 1. The Bertz CT molecular complexity index is 911. The molecule has 4 fully saturated rings. The van der Waals surface area contributed by atoms with Gasteiger partial charge in [-0.3, -0.25) is 4.90 Å². The van der Waals surface area contributed by atoms with Gasteiger partial charge in [-0.05, 0) is 55.7 Å². The van der Waals surface area contributed by atoms with Gasteiger partial charge in [-0.2, -0.15) is 0 Å². The Labute approximate surface area is 176 Å². The maximum Gasteiger partial charge on any atom is 0.216 e. The van der Waals surface area contributed by atoms with E-state index in [2.05, 4.69) is 4.90 Å². The first kappa shape index (κ1) is 20.8. The molecule has 3 heterocycles. The molecule has 0 aromatic heterocycles. The zero-order valence-corrected chi connectivity index (χ0v) is 17.7. The van der Waals surface area contributed by atoms with Crippen LogP contribution >= 0.6 is 0 Å². The zero-order valence-electron chi connectivity index (χ0n) is 16.9. The highest BCUT2D eigenvalue weighted by molar-refractivity contribution is 7.90. The highest BCUT2D eigenvalue weighted by Crippen LogP contribution is 2.39. The molecule has 6 nitrogen and oxygen atoms in total. The van der Waals surface area contributed by atoms with Crippen LogP contribution < -0.4 is 5.73 Å². The van der Waals surface area contributed by atoms with Gasteiger partial charge in [-0.1, -0.05) is 0 Å². The maximum absolute atomic E-state index is 14.2. The molecule has 1 aromatic carbocycles. The molecule has 166 valence electrons. The van der Waals surface area contributed by atoms with Gasteiger partial charge < -0.3 is 10.5 Å². The monoisotopic (exact) mass is 441 g/mol. The average Bonchev–Trinajstić information content (AvgIpc) is 3.49. The molecule has 30 heavy (non-hydrogen) atoms. The Morgan fingerprint density at radius 2 is 1.83 bits per heavy atom. The van der Waals surface area contributed by atoms with Crippen LogP contribution in [0.25, 0.3) is 0 Å². The first-order valence-electron chi connectivity index (χ1n) is 10.9. The first-order chi connectivity index (χ1) is 14.3. The highest BCUT2D eigenvalue weighted by atomic mass is 32.2. The number of ether oxygens (including phenoxy) is 1. The van der Waals surface area contributed by atoms with Crippen molar-refractivity contribution in [3.8, 4) is 0 Å². The summed E-state index contributed by atoms with van der Waals surface area (Å²) in [7, 11) is -3.12. The third-order valence-electron chi connectivity index (χ3n) is 7.28. The number of nitrogens with zero attached hydrogens (tertiary/aromatic N) is 2. The van der Waals surface area contributed by atoms with Gasteiger partial charge in [0.15, 0.2) is 0 Å². The van der Waals surface area contributed by atoms with E-state index in [1.165, 1.54) is 6.07 Å². The van der Waals surface area contributed by atoms with E-state index in [0.717, 1.165) is 44.5 Å². The molecule has 3 saturated heterocycles. The summed E-state index contributed by atoms with van der Waals surface area (Å²) in [6.45, 7) is 3.40. The standard InChI is InChI=1S/C21H29F2N3O3S/c22-15-1-4-19(23)18(7-15)21-20(24)8-16(12-29-21)25-9-13-5-6-26(11-14(13)10-25)30(27,28)17-2-3-17/h1,4,7,13-14,16-17,20-21H,2-3,5-6,8-12,24H2/t13?,14?,16-,20+,21-/m1/s1. The summed E-state index contributed by atoms with van der Waals surface area (Å²) >= 11 is 0. The molecule has 9 heteroatoms. The summed E-state index contributed by atoms with van der Waals surface area (Å²) in [5, 5.41) is -0.156. The molecular weight excluding hydrogens is 412 g/mol. The second kappa shape index (κ2) is 7.78. The van der Waals surface area contributed by atoms with Gasteiger partial charge >= 0.3 is 0 Å². The van der Waals surface area contributed by atoms with Crippen LogP contribution in [0.5, 0.6) is 0 Å². The Morgan fingerprint density at radius 3 is 2.57 bits per heavy atom. The Hall–Kier alpha value is -1.13. The van der Waals surface area contributed by atoms with E-state index in [0.29, 0.717) is 38.0 Å². The molecule has 5 atom stereocenters. The summed E-state index contributed by atoms with van der Waals surface area (Å²) in [5.74, 6) is -0.176. The van der Waals surface area contributed by atoms with E-state index < -0.39 is 33.8 Å². The summed E-state index contributed by atoms with van der Waals surface area (Å²) in [5.41, 5.74) is 6.50. The van der Waals surface area contributed by atoms with Gasteiger partial charge in [-0.25, -0.2) is 21.5 Å². The fraction of sp³-hybridized carbons (Fsp3) is 0.714. The van der Waals surface area contributed by atoms with Crippen LogP contribution in [0.15, 0.2) is 18.2 Å². The van der Waals surface area contributed by atoms with Crippen LogP contribution in [0.2, 0.25) is 0 Å². The number of sulfonamides is 1. The average molecular weight is 442 g/mol. The zero-order chi connectivity index (χ0) is 21.0. The molecule has 0 spiro atoms. The van der Waals surface area contributed by atoms with Gasteiger partial charge in [0.05, 0.1) is 11.9 Å². The van der Waals surface area contributed by atoms with Crippen molar-refractivity contribution in [2.75, 3.05) is 32.8 Å². The minimum absolute atomic E-state index is 0.118. The largest absolute Gasteiger partial charge is 0.370 e. The lowest BCUT2D eigenvalue weighted by atomic mass is 9.90. The predicted molar refractivity (Wildman–Crippen MR) is 108 cm³/mol. The molecule has 2 N–H and O–H groups in total. The number of hydrogen-bond donors (Lipinski definition) is 1. The fourth-order valence-electron chi connectivity index (χ4n) is 5.43. The van der Waals surface area contributed by atoms with Crippen LogP contribution in [0.3, 0.4) is 0 Å². The molecule has 0 bridgehead atoms. The summed E-state index contributed by atoms with van der Waals surface area (Å²) in [4.78, 5) is 2.36. The molecule has 3 aliphatic heterocycles. The number of likely N-dealkylation sites (tertiary alicyclic amines) is 1. The van der Waals surface area contributed by atoms with E-state index in [1.807, 2.05) is 0 Å². The molecular formula is C21H29F2N3O3S. The Morgan fingerprint density at radius 1 is 1.07 bits per heavy atom. The summed E-state index contributed by atoms with van der Waals surface area (Å²) in [6, 6.07) is 3.06. The van der Waals surface area contributed by atoms with E-state index in [4.69, 9.17) is 10.5 Å². The molecule has 0 radical (unpaired) electrons. The van der Waals surface area contributed by atoms with Crippen molar-refractivity contribution in [3.63, 3.8) is 0 Å². The van der Waals surface area contributed by atoms with Gasteiger partial charge in [-0.15, -0.1) is 0 Å². The van der Waals surface area contributed by atoms with Crippen molar-refractivity contribution < 1.29 is 21.9 Å². The molecule has 0 amide bonds. The number of nitrogens with two attached hydrogens (primary N) is 1. The minimum atomic E-state index is -3.12. The smallest absolute Gasteiger partial charge is 0.216 e. The first-order valence-corrected chi connectivity index (χ1v) is 12.4. The third kappa shape index (κ3) is 3.79. The number of benzene rings is 1. The van der Waals surface area contributed by atoms with Crippen molar-refractivity contribution in [1.82, 2.24) is 9.21 Å². The lowest BCUT2D eigenvalue weighted by Gasteiger charge is -2.39. The van der Waals surface area contributed by atoms with Crippen molar-refractivity contribution in [2.45, 2.75) is 49.1 Å². The van der Waals surface area contributed by atoms with Crippen molar-refractivity contribution in [2.24, 2.45) is 17.6 Å². The van der Waals surface area contributed by atoms with Gasteiger partial charge in [0.2, 0.25) is 10.0 Å². The number of halogens is 2. The highest BCUT2D eigenvalue weighted by Gasteiger charge is 2.47. The maximum atomic E-state index is 14.2. The lowest BCUT2D eigenvalue weighted by molar-refractivity contribution is -0.0480. The second-order valence-electron chi connectivity index (χ2n) is 9.34. The normalized spacial score (nSPS) is 36.0. The number of fused-ring (bicyclic) bond motifs is 1. The van der Waals surface area contributed by atoms with E-state index in [-0.39, 0.29) is 16.9 Å². The predicted octanol–water partition coefficient (Wildman–Crippen LogP) is 1.87. The van der Waals surface area contributed by atoms with Crippen LogP contribution in [0.4, 0.5) is 8.78 Å². The number of hydrogen-bond acceptors (Lipinski definition) is 5. The molecule has 1 aromatic rings. The fourth-order valence-corrected chi connectivity index (χ4v) is 7.34. The lowest BCUT2D eigenvalue weighted by Crippen LogP contribution is -2.49. The van der Waals surface area contributed by atoms with Crippen molar-refractivity contribution in [3.05, 3.63) is 35.4 Å². The molecule has 2 unspecified atom stereocenters. The molecule has 1 saturated carbocycles. The van der Waals surface area contributed by atoms with E-state index in [1.54, 1.807) is 4.31 Å². The SMILES string of the molecule is N[C@H]1C[C@@H](N2CC3CCN(S(=O)(=O)C4CC4)CC3C2)CO[C@@H]1c1cc(F)ccc1F. The molecule has 5 rings (SSSR count). The van der Waals surface area contributed by atoms with E-state index in [9.17, 15) is 17.2 Å². The van der Waals surface area contributed by atoms with Gasteiger partial charge in [0.1, 0.15) is 17.7 Å². The Kier molecular flexibility index (Phi) is 5.38. The Balaban J connectivity index is 1.22. The topological polar surface area (TPSA) is 75.9 Å². The second-order valence-corrected chi connectivity index (χ2v) is 11.6. The van der Waals surface area contributed by atoms with Gasteiger partial charge in [0, 0.05) is 43.8 Å². The molecule has 1 aliphatic carbocycles.